The van der Waals surface area contributed by atoms with E-state index in [4.69, 9.17) is 14.1 Å². The number of aromatic nitrogens is 1. The number of pyridine rings is 1. The van der Waals surface area contributed by atoms with Crippen molar-refractivity contribution >= 4 is 32.5 Å². The van der Waals surface area contributed by atoms with E-state index in [2.05, 4.69) is 9.71 Å². The number of fused-ring (bicyclic) bond motifs is 1. The summed E-state index contributed by atoms with van der Waals surface area (Å²) in [6.45, 7) is 0. The third-order valence-corrected chi connectivity index (χ3v) is 6.68. The summed E-state index contributed by atoms with van der Waals surface area (Å²) in [5.41, 5.74) is 2.17. The van der Waals surface area contributed by atoms with Crippen LogP contribution in [0.3, 0.4) is 0 Å². The minimum Gasteiger partial charge on any atom is -0.497 e. The van der Waals surface area contributed by atoms with Crippen molar-refractivity contribution in [2.24, 2.45) is 4.99 Å². The fourth-order valence-electron chi connectivity index (χ4n) is 3.57. The van der Waals surface area contributed by atoms with Gasteiger partial charge in [0.2, 0.25) is 0 Å². The van der Waals surface area contributed by atoms with E-state index < -0.39 is 10.0 Å². The number of rotatable bonds is 6. The molecule has 0 fully saturated rings. The normalized spacial score (nSPS) is 12.0. The zero-order chi connectivity index (χ0) is 24.3. The molecular weight excluding hydrogens is 462 g/mol. The molecule has 0 spiro atoms. The zero-order valence-corrected chi connectivity index (χ0v) is 19.6. The average molecular weight is 484 g/mol. The molecular formula is C27H21N3O4S. The van der Waals surface area contributed by atoms with Crippen LogP contribution in [0.4, 0.5) is 11.5 Å². The van der Waals surface area contributed by atoms with Crippen LogP contribution in [-0.2, 0) is 10.0 Å². The van der Waals surface area contributed by atoms with E-state index in [-0.39, 0.29) is 10.7 Å². The van der Waals surface area contributed by atoms with E-state index in [9.17, 15) is 8.42 Å². The van der Waals surface area contributed by atoms with E-state index in [1.165, 1.54) is 18.3 Å². The Morgan fingerprint density at radius 2 is 1.66 bits per heavy atom. The maximum atomic E-state index is 12.7. The smallest absolute Gasteiger partial charge is 0.263 e. The second-order valence-corrected chi connectivity index (χ2v) is 9.33. The van der Waals surface area contributed by atoms with Crippen LogP contribution in [0.5, 0.6) is 5.75 Å². The van der Waals surface area contributed by atoms with Crippen LogP contribution in [0.15, 0.2) is 118 Å². The minimum atomic E-state index is -3.78. The lowest BCUT2D eigenvalue weighted by Gasteiger charge is -2.08. The quantitative estimate of drug-likeness (QED) is 0.342. The molecule has 35 heavy (non-hydrogen) atoms. The molecule has 3 aromatic carbocycles. The maximum absolute atomic E-state index is 12.7. The Bertz CT molecular complexity index is 1650. The van der Waals surface area contributed by atoms with Crippen LogP contribution in [-0.4, -0.2) is 20.5 Å². The van der Waals surface area contributed by atoms with Gasteiger partial charge in [-0.1, -0.05) is 36.4 Å². The van der Waals surface area contributed by atoms with Gasteiger partial charge in [0.15, 0.2) is 0 Å². The number of methoxy groups -OCH3 is 1. The van der Waals surface area contributed by atoms with E-state index >= 15 is 0 Å². The van der Waals surface area contributed by atoms with Crippen molar-refractivity contribution in [1.29, 1.82) is 0 Å². The molecule has 8 heteroatoms. The Hall–Kier alpha value is -4.43. The monoisotopic (exact) mass is 483 g/mol. The van der Waals surface area contributed by atoms with Crippen LogP contribution in [0.1, 0.15) is 0 Å². The molecule has 0 atom stereocenters. The third-order valence-electron chi connectivity index (χ3n) is 5.31. The summed E-state index contributed by atoms with van der Waals surface area (Å²) in [5, 5.41) is 1.45. The molecule has 1 N–H and O–H groups in total. The van der Waals surface area contributed by atoms with Crippen LogP contribution in [0.25, 0.3) is 22.3 Å². The maximum Gasteiger partial charge on any atom is 0.263 e. The molecule has 0 saturated carbocycles. The van der Waals surface area contributed by atoms with Gasteiger partial charge in [0.05, 0.1) is 23.0 Å². The molecule has 174 valence electrons. The predicted molar refractivity (Wildman–Crippen MR) is 135 cm³/mol. The van der Waals surface area contributed by atoms with Crippen molar-refractivity contribution < 1.29 is 17.6 Å². The average Bonchev–Trinajstić information content (AvgIpc) is 2.89. The highest BCUT2D eigenvalue weighted by Gasteiger charge is 2.14. The Morgan fingerprint density at radius 3 is 2.37 bits per heavy atom. The van der Waals surface area contributed by atoms with Crippen LogP contribution >= 0.6 is 0 Å². The number of nitrogens with one attached hydrogen (secondary N) is 1. The largest absolute Gasteiger partial charge is 0.497 e. The first-order valence-electron chi connectivity index (χ1n) is 10.8. The van der Waals surface area contributed by atoms with Gasteiger partial charge in [-0.15, -0.1) is 0 Å². The van der Waals surface area contributed by atoms with Gasteiger partial charge in [0.25, 0.3) is 10.0 Å². The summed E-state index contributed by atoms with van der Waals surface area (Å²) in [6, 6.07) is 28.5. The van der Waals surface area contributed by atoms with Crippen molar-refractivity contribution in [3.8, 4) is 17.1 Å². The first-order chi connectivity index (χ1) is 17.0. The van der Waals surface area contributed by atoms with Gasteiger partial charge in [-0.2, -0.15) is 0 Å². The fourth-order valence-corrected chi connectivity index (χ4v) is 4.58. The lowest BCUT2D eigenvalue weighted by Crippen LogP contribution is -2.13. The molecule has 5 rings (SSSR count). The second-order valence-electron chi connectivity index (χ2n) is 7.65. The van der Waals surface area contributed by atoms with E-state index in [1.54, 1.807) is 37.4 Å². The van der Waals surface area contributed by atoms with Crippen LogP contribution in [0.2, 0.25) is 0 Å². The van der Waals surface area contributed by atoms with Gasteiger partial charge < -0.3 is 9.15 Å². The highest BCUT2D eigenvalue weighted by atomic mass is 32.2. The number of hydrogen-bond donors (Lipinski definition) is 1. The second kappa shape index (κ2) is 9.44. The molecule has 0 radical (unpaired) electrons. The molecule has 5 aromatic rings. The third kappa shape index (κ3) is 4.92. The topological polar surface area (TPSA) is 93.8 Å². The molecule has 2 heterocycles. The van der Waals surface area contributed by atoms with Gasteiger partial charge in [0, 0.05) is 23.2 Å². The van der Waals surface area contributed by atoms with E-state index in [1.807, 2.05) is 54.6 Å². The van der Waals surface area contributed by atoms with Gasteiger partial charge in [-0.3, -0.25) is 4.72 Å². The summed E-state index contributed by atoms with van der Waals surface area (Å²) in [7, 11) is -2.17. The lowest BCUT2D eigenvalue weighted by molar-refractivity contribution is 0.415. The van der Waals surface area contributed by atoms with Crippen molar-refractivity contribution in [2.75, 3.05) is 11.8 Å². The highest BCUT2D eigenvalue weighted by molar-refractivity contribution is 7.92. The van der Waals surface area contributed by atoms with Crippen LogP contribution < -0.4 is 14.8 Å². The van der Waals surface area contributed by atoms with Gasteiger partial charge >= 0.3 is 0 Å². The first-order valence-corrected chi connectivity index (χ1v) is 12.3. The molecule has 0 aliphatic rings. The number of sulfonamides is 1. The lowest BCUT2D eigenvalue weighted by atomic mass is 10.1. The molecule has 0 bridgehead atoms. The number of ether oxygens (including phenoxy) is 1. The first kappa shape index (κ1) is 22.4. The van der Waals surface area contributed by atoms with Crippen molar-refractivity contribution in [2.45, 2.75) is 4.90 Å². The molecule has 7 nitrogen and oxygen atoms in total. The minimum absolute atomic E-state index is 0.113. The molecule has 0 amide bonds. The summed E-state index contributed by atoms with van der Waals surface area (Å²) in [6.07, 6.45) is 1.52. The summed E-state index contributed by atoms with van der Waals surface area (Å²) >= 11 is 0. The molecule has 0 aliphatic carbocycles. The number of nitrogens with zero attached hydrogens (tertiary/aromatic N) is 2. The Morgan fingerprint density at radius 1 is 0.886 bits per heavy atom. The van der Waals surface area contributed by atoms with Crippen molar-refractivity contribution in [3.05, 3.63) is 109 Å². The van der Waals surface area contributed by atoms with Crippen LogP contribution in [0, 0.1) is 0 Å². The number of anilines is 1. The van der Waals surface area contributed by atoms with Gasteiger partial charge in [-0.25, -0.2) is 18.4 Å². The molecule has 2 aromatic heterocycles. The highest BCUT2D eigenvalue weighted by Crippen LogP contribution is 2.25. The SMILES string of the molecule is COc1ccc2oc(-c3ccccc3)cc(=Nc3ccc(S(=O)(=O)Nc4ccccn4)cc3)c2c1. The van der Waals surface area contributed by atoms with Gasteiger partial charge in [-0.05, 0) is 54.6 Å². The van der Waals surface area contributed by atoms with E-state index in [0.29, 0.717) is 28.1 Å². The fraction of sp³-hybridized carbons (Fsp3) is 0.0370. The van der Waals surface area contributed by atoms with E-state index in [0.717, 1.165) is 10.9 Å². The molecule has 0 unspecified atom stereocenters. The number of benzene rings is 3. The number of hydrogen-bond acceptors (Lipinski definition) is 6. The molecule has 0 aliphatic heterocycles. The zero-order valence-electron chi connectivity index (χ0n) is 18.8. The predicted octanol–water partition coefficient (Wildman–Crippen LogP) is 5.54. The van der Waals surface area contributed by atoms with Crippen molar-refractivity contribution in [3.63, 3.8) is 0 Å². The summed E-state index contributed by atoms with van der Waals surface area (Å²) in [4.78, 5) is 8.92. The standard InChI is InChI=1S/C27H21N3O4S/c1-33-21-12-15-25-23(17-21)24(18-26(34-25)19-7-3-2-4-8-19)29-20-10-13-22(14-11-20)35(31,32)30-27-9-5-6-16-28-27/h2-18H,1H3,(H,28,30). The van der Waals surface area contributed by atoms with Gasteiger partial charge in [0.1, 0.15) is 22.9 Å². The van der Waals surface area contributed by atoms with Crippen molar-refractivity contribution in [1.82, 2.24) is 4.98 Å². The Kier molecular flexibility index (Phi) is 6.03. The Balaban J connectivity index is 1.57. The molecule has 0 saturated heterocycles. The summed E-state index contributed by atoms with van der Waals surface area (Å²) < 4.78 is 39.4. The Labute approximate surface area is 202 Å². The summed E-state index contributed by atoms with van der Waals surface area (Å²) in [5.74, 6) is 1.60.